The minimum atomic E-state index is -3.89. The van der Waals surface area contributed by atoms with E-state index in [1.807, 2.05) is 0 Å². The zero-order valence-electron chi connectivity index (χ0n) is 11.7. The lowest BCUT2D eigenvalue weighted by Gasteiger charge is -2.20. The number of aliphatic hydroxyl groups is 1. The lowest BCUT2D eigenvalue weighted by atomic mass is 9.93. The third kappa shape index (κ3) is 3.02. The van der Waals surface area contributed by atoms with Crippen LogP contribution in [0.25, 0.3) is 0 Å². The summed E-state index contributed by atoms with van der Waals surface area (Å²) in [5, 5.41) is 9.02. The molecule has 1 aromatic carbocycles. The number of nitrogens with one attached hydrogen (secondary N) is 1. The summed E-state index contributed by atoms with van der Waals surface area (Å²) in [7, 11) is -3.89. The maximum absolute atomic E-state index is 13.7. The summed E-state index contributed by atoms with van der Waals surface area (Å²) in [6.45, 7) is 4.14. The van der Waals surface area contributed by atoms with Crippen molar-refractivity contribution in [2.24, 2.45) is 11.3 Å². The first-order valence-corrected chi connectivity index (χ1v) is 8.18. The minimum absolute atomic E-state index is 0.0120. The molecule has 0 saturated heterocycles. The largest absolute Gasteiger partial charge is 0.392 e. The quantitative estimate of drug-likeness (QED) is 0.845. The van der Waals surface area contributed by atoms with E-state index in [1.54, 1.807) is 0 Å². The van der Waals surface area contributed by atoms with Crippen LogP contribution in [0, 0.1) is 17.2 Å². The van der Waals surface area contributed by atoms with Gasteiger partial charge in [-0.05, 0) is 41.9 Å². The van der Waals surface area contributed by atoms with E-state index in [2.05, 4.69) is 18.6 Å². The summed E-state index contributed by atoms with van der Waals surface area (Å²) in [4.78, 5) is -0.399. The summed E-state index contributed by atoms with van der Waals surface area (Å²) in [5.74, 6) is -0.414. The first kappa shape index (κ1) is 15.4. The van der Waals surface area contributed by atoms with Crippen LogP contribution in [0.1, 0.15) is 32.3 Å². The monoisotopic (exact) mass is 301 g/mol. The number of aliphatic hydroxyl groups excluding tert-OH is 1. The van der Waals surface area contributed by atoms with Gasteiger partial charge in [0.05, 0.1) is 6.61 Å². The highest BCUT2D eigenvalue weighted by Gasteiger charge is 2.45. The van der Waals surface area contributed by atoms with Gasteiger partial charge in [-0.25, -0.2) is 17.5 Å². The topological polar surface area (TPSA) is 66.4 Å². The Bertz CT molecular complexity index is 594. The lowest BCUT2D eigenvalue weighted by Crippen LogP contribution is -2.33. The van der Waals surface area contributed by atoms with Crippen molar-refractivity contribution in [2.45, 2.75) is 38.2 Å². The van der Waals surface area contributed by atoms with E-state index in [-0.39, 0.29) is 12.0 Å². The first-order chi connectivity index (χ1) is 9.31. The van der Waals surface area contributed by atoms with Crippen LogP contribution in [0.2, 0.25) is 0 Å². The molecule has 0 spiro atoms. The fourth-order valence-electron chi connectivity index (χ4n) is 2.29. The van der Waals surface area contributed by atoms with Crippen molar-refractivity contribution in [2.75, 3.05) is 6.54 Å². The van der Waals surface area contributed by atoms with Crippen LogP contribution in [0.5, 0.6) is 0 Å². The van der Waals surface area contributed by atoms with E-state index in [4.69, 9.17) is 5.11 Å². The van der Waals surface area contributed by atoms with E-state index in [0.717, 1.165) is 18.9 Å². The Morgan fingerprint density at radius 2 is 2.05 bits per heavy atom. The van der Waals surface area contributed by atoms with Gasteiger partial charge in [-0.2, -0.15) is 0 Å². The normalized spacial score (nSPS) is 17.4. The Kier molecular flexibility index (Phi) is 4.18. The molecule has 20 heavy (non-hydrogen) atoms. The van der Waals surface area contributed by atoms with Gasteiger partial charge in [0.25, 0.3) is 0 Å². The summed E-state index contributed by atoms with van der Waals surface area (Å²) < 4.78 is 40.6. The standard InChI is InChI=1S/C14H20FNO3S/c1-10(2)14(5-6-14)9-16-20(18,19)13-7-11(8-17)3-4-12(13)15/h3-4,7,10,16-17H,5-6,8-9H2,1-2H3. The van der Waals surface area contributed by atoms with Crippen LogP contribution in [-0.2, 0) is 16.6 Å². The van der Waals surface area contributed by atoms with Crippen molar-refractivity contribution in [1.82, 2.24) is 4.72 Å². The third-order valence-corrected chi connectivity index (χ3v) is 5.62. The van der Waals surface area contributed by atoms with Crippen molar-refractivity contribution in [3.63, 3.8) is 0 Å². The zero-order valence-corrected chi connectivity index (χ0v) is 12.5. The minimum Gasteiger partial charge on any atom is -0.392 e. The molecule has 0 heterocycles. The highest BCUT2D eigenvalue weighted by Crippen LogP contribution is 2.51. The van der Waals surface area contributed by atoms with Gasteiger partial charge in [-0.15, -0.1) is 0 Å². The first-order valence-electron chi connectivity index (χ1n) is 6.70. The van der Waals surface area contributed by atoms with Crippen molar-refractivity contribution in [3.8, 4) is 0 Å². The predicted octanol–water partition coefficient (Wildman–Crippen LogP) is 2.03. The van der Waals surface area contributed by atoms with Gasteiger partial charge >= 0.3 is 0 Å². The summed E-state index contributed by atoms with van der Waals surface area (Å²) >= 11 is 0. The number of halogens is 1. The van der Waals surface area contributed by atoms with E-state index < -0.39 is 20.7 Å². The van der Waals surface area contributed by atoms with Gasteiger partial charge in [-0.1, -0.05) is 19.9 Å². The second kappa shape index (κ2) is 5.42. The van der Waals surface area contributed by atoms with Gasteiger partial charge in [0.15, 0.2) is 0 Å². The van der Waals surface area contributed by atoms with Crippen molar-refractivity contribution >= 4 is 10.0 Å². The SMILES string of the molecule is CC(C)C1(CNS(=O)(=O)c2cc(CO)ccc2F)CC1. The lowest BCUT2D eigenvalue weighted by molar-refractivity contribution is 0.281. The molecule has 1 saturated carbocycles. The van der Waals surface area contributed by atoms with E-state index in [9.17, 15) is 12.8 Å². The Morgan fingerprint density at radius 3 is 2.55 bits per heavy atom. The van der Waals surface area contributed by atoms with Crippen LogP contribution in [0.15, 0.2) is 23.1 Å². The molecule has 0 aromatic heterocycles. The number of rotatable bonds is 6. The van der Waals surface area contributed by atoms with Gasteiger partial charge in [0.1, 0.15) is 10.7 Å². The molecule has 0 atom stereocenters. The fraction of sp³-hybridized carbons (Fsp3) is 0.571. The highest BCUT2D eigenvalue weighted by molar-refractivity contribution is 7.89. The molecule has 0 bridgehead atoms. The molecule has 0 aliphatic heterocycles. The Morgan fingerprint density at radius 1 is 1.40 bits per heavy atom. The molecule has 1 aliphatic rings. The van der Waals surface area contributed by atoms with Crippen molar-refractivity contribution in [3.05, 3.63) is 29.6 Å². The van der Waals surface area contributed by atoms with E-state index in [1.165, 1.54) is 12.1 Å². The van der Waals surface area contributed by atoms with Gasteiger partial charge in [0, 0.05) is 6.54 Å². The van der Waals surface area contributed by atoms with Crippen LogP contribution >= 0.6 is 0 Å². The summed E-state index contributed by atoms with van der Waals surface area (Å²) in [6.07, 6.45) is 1.98. The number of sulfonamides is 1. The third-order valence-electron chi connectivity index (χ3n) is 4.20. The predicted molar refractivity (Wildman–Crippen MR) is 74.0 cm³/mol. The number of hydrogen-bond acceptors (Lipinski definition) is 3. The molecule has 0 radical (unpaired) electrons. The summed E-state index contributed by atoms with van der Waals surface area (Å²) in [5.41, 5.74) is 0.384. The Balaban J connectivity index is 2.18. The molecular formula is C14H20FNO3S. The second-order valence-corrected chi connectivity index (χ2v) is 7.50. The molecule has 0 unspecified atom stereocenters. The van der Waals surface area contributed by atoms with E-state index in [0.29, 0.717) is 18.0 Å². The van der Waals surface area contributed by atoms with Gasteiger partial charge in [-0.3, -0.25) is 0 Å². The van der Waals surface area contributed by atoms with Crippen LogP contribution in [0.3, 0.4) is 0 Å². The average molecular weight is 301 g/mol. The van der Waals surface area contributed by atoms with Crippen molar-refractivity contribution in [1.29, 1.82) is 0 Å². The second-order valence-electron chi connectivity index (χ2n) is 5.76. The maximum atomic E-state index is 13.7. The fourth-order valence-corrected chi connectivity index (χ4v) is 3.55. The molecule has 2 N–H and O–H groups in total. The molecule has 1 aromatic rings. The maximum Gasteiger partial charge on any atom is 0.243 e. The van der Waals surface area contributed by atoms with E-state index >= 15 is 0 Å². The Hall–Kier alpha value is -0.980. The smallest absolute Gasteiger partial charge is 0.243 e. The van der Waals surface area contributed by atoms with Crippen LogP contribution in [0.4, 0.5) is 4.39 Å². The average Bonchev–Trinajstić information content (AvgIpc) is 3.18. The molecule has 1 aliphatic carbocycles. The molecule has 6 heteroatoms. The Labute approximate surface area is 119 Å². The summed E-state index contributed by atoms with van der Waals surface area (Å²) in [6, 6.07) is 3.60. The van der Waals surface area contributed by atoms with Crippen LogP contribution in [-0.4, -0.2) is 20.1 Å². The molecule has 2 rings (SSSR count). The molecular weight excluding hydrogens is 281 g/mol. The van der Waals surface area contributed by atoms with Crippen molar-refractivity contribution < 1.29 is 17.9 Å². The molecule has 0 amide bonds. The van der Waals surface area contributed by atoms with Gasteiger partial charge < -0.3 is 5.11 Å². The number of benzene rings is 1. The number of hydrogen-bond donors (Lipinski definition) is 2. The van der Waals surface area contributed by atoms with Gasteiger partial charge in [0.2, 0.25) is 10.0 Å². The molecule has 1 fully saturated rings. The molecule has 4 nitrogen and oxygen atoms in total. The molecule has 112 valence electrons. The highest BCUT2D eigenvalue weighted by atomic mass is 32.2. The van der Waals surface area contributed by atoms with Crippen LogP contribution < -0.4 is 4.72 Å². The zero-order chi connectivity index (χ0) is 15.0.